The number of carboxylic acids is 1. The van der Waals surface area contributed by atoms with Gasteiger partial charge in [0.1, 0.15) is 17.9 Å². The minimum absolute atomic E-state index is 0.239. The molecule has 24 heavy (non-hydrogen) atoms. The van der Waals surface area contributed by atoms with E-state index in [1.165, 1.54) is 18.5 Å². The summed E-state index contributed by atoms with van der Waals surface area (Å²) in [4.78, 5) is 13.6. The summed E-state index contributed by atoms with van der Waals surface area (Å²) in [5.74, 6) is 0.244. The molecule has 0 spiro atoms. The zero-order valence-electron chi connectivity index (χ0n) is 13.7. The second-order valence-electron chi connectivity index (χ2n) is 6.62. The molecular weight excluding hydrogens is 306 g/mol. The van der Waals surface area contributed by atoms with Gasteiger partial charge in [-0.05, 0) is 25.0 Å². The summed E-state index contributed by atoms with van der Waals surface area (Å²) in [7, 11) is 2.01. The van der Waals surface area contributed by atoms with Gasteiger partial charge < -0.3 is 9.84 Å². The van der Waals surface area contributed by atoms with Gasteiger partial charge in [0.25, 0.3) is 0 Å². The van der Waals surface area contributed by atoms with Gasteiger partial charge in [0.05, 0.1) is 5.69 Å². The maximum atomic E-state index is 11.4. The van der Waals surface area contributed by atoms with Gasteiger partial charge in [0.2, 0.25) is 0 Å². The Labute approximate surface area is 140 Å². The van der Waals surface area contributed by atoms with E-state index in [-0.39, 0.29) is 5.56 Å². The predicted molar refractivity (Wildman–Crippen MR) is 88.2 cm³/mol. The normalized spacial score (nSPS) is 17.9. The highest BCUT2D eigenvalue weighted by molar-refractivity contribution is 5.91. The van der Waals surface area contributed by atoms with E-state index in [1.807, 2.05) is 17.8 Å². The van der Waals surface area contributed by atoms with Crippen LogP contribution in [0.4, 0.5) is 0 Å². The van der Waals surface area contributed by atoms with E-state index in [1.54, 1.807) is 12.1 Å². The van der Waals surface area contributed by atoms with Crippen LogP contribution in [0.3, 0.4) is 0 Å². The number of carboxylic acid groups (broad SMARTS) is 1. The number of ether oxygens (including phenoxy) is 1. The van der Waals surface area contributed by atoms with Gasteiger partial charge in [-0.3, -0.25) is 9.58 Å². The summed E-state index contributed by atoms with van der Waals surface area (Å²) >= 11 is 0. The van der Waals surface area contributed by atoms with Crippen LogP contribution in [0.25, 0.3) is 0 Å². The fraction of sp³-hybridized carbons (Fsp3) is 0.444. The Hall–Kier alpha value is -2.34. The van der Waals surface area contributed by atoms with E-state index in [0.29, 0.717) is 24.8 Å². The van der Waals surface area contributed by atoms with Crippen molar-refractivity contribution < 1.29 is 14.6 Å². The van der Waals surface area contributed by atoms with E-state index >= 15 is 0 Å². The molecule has 2 aromatic rings. The largest absolute Gasteiger partial charge is 0.491 e. The molecule has 6 nitrogen and oxygen atoms in total. The number of fused-ring (bicyclic) bond motifs is 1. The summed E-state index contributed by atoms with van der Waals surface area (Å²) in [5, 5.41) is 14.0. The standard InChI is InChI=1S/C18H21N3O3/c1-20-16(12-5-6-12)9-14(19-20)11-21-7-8-24-17-13(10-21)3-2-4-15(17)18(22)23/h2-4,9,12H,5-8,10-11H2,1H3,(H,22,23). The zero-order chi connectivity index (χ0) is 16.7. The molecular formula is C18H21N3O3. The Bertz CT molecular complexity index is 780. The molecule has 6 heteroatoms. The highest BCUT2D eigenvalue weighted by Crippen LogP contribution is 2.40. The number of rotatable bonds is 4. The third-order valence-electron chi connectivity index (χ3n) is 4.72. The summed E-state index contributed by atoms with van der Waals surface area (Å²) < 4.78 is 7.74. The van der Waals surface area contributed by atoms with Crippen molar-refractivity contribution >= 4 is 5.97 Å². The van der Waals surface area contributed by atoms with E-state index < -0.39 is 5.97 Å². The highest BCUT2D eigenvalue weighted by atomic mass is 16.5. The molecule has 0 radical (unpaired) electrons. The summed E-state index contributed by atoms with van der Waals surface area (Å²) in [6, 6.07) is 7.52. The average Bonchev–Trinajstić information content (AvgIpc) is 3.34. The zero-order valence-corrected chi connectivity index (χ0v) is 13.7. The number of benzene rings is 1. The number of nitrogens with zero attached hydrogens (tertiary/aromatic N) is 3. The van der Waals surface area contributed by atoms with Crippen LogP contribution >= 0.6 is 0 Å². The molecule has 1 N–H and O–H groups in total. The molecule has 0 amide bonds. The molecule has 1 aromatic carbocycles. The van der Waals surface area contributed by atoms with Crippen LogP contribution in [-0.4, -0.2) is 38.9 Å². The second-order valence-corrected chi connectivity index (χ2v) is 6.62. The SMILES string of the molecule is Cn1nc(CN2CCOc3c(cccc3C(=O)O)C2)cc1C1CC1. The van der Waals surface area contributed by atoms with Gasteiger partial charge in [0.15, 0.2) is 0 Å². The lowest BCUT2D eigenvalue weighted by molar-refractivity contribution is 0.0692. The van der Waals surface area contributed by atoms with Gasteiger partial charge in [0, 0.05) is 43.9 Å². The van der Waals surface area contributed by atoms with Crippen molar-refractivity contribution in [3.05, 3.63) is 46.8 Å². The Morgan fingerprint density at radius 2 is 2.25 bits per heavy atom. The molecule has 2 heterocycles. The predicted octanol–water partition coefficient (Wildman–Crippen LogP) is 2.39. The van der Waals surface area contributed by atoms with Gasteiger partial charge in [-0.15, -0.1) is 0 Å². The summed E-state index contributed by atoms with van der Waals surface area (Å²) in [6.45, 7) is 2.66. The van der Waals surface area contributed by atoms with Crippen molar-refractivity contribution in [2.45, 2.75) is 31.8 Å². The Morgan fingerprint density at radius 3 is 3.00 bits per heavy atom. The molecule has 2 aliphatic rings. The van der Waals surface area contributed by atoms with Gasteiger partial charge in [-0.2, -0.15) is 5.10 Å². The first kappa shape index (κ1) is 15.2. The average molecular weight is 327 g/mol. The van der Waals surface area contributed by atoms with Crippen molar-refractivity contribution in [3.63, 3.8) is 0 Å². The fourth-order valence-electron chi connectivity index (χ4n) is 3.39. The molecule has 1 saturated carbocycles. The third-order valence-corrected chi connectivity index (χ3v) is 4.72. The Morgan fingerprint density at radius 1 is 1.42 bits per heavy atom. The van der Waals surface area contributed by atoms with E-state index in [4.69, 9.17) is 4.74 Å². The monoisotopic (exact) mass is 327 g/mol. The molecule has 0 saturated heterocycles. The second kappa shape index (κ2) is 5.94. The van der Waals surface area contributed by atoms with Gasteiger partial charge >= 0.3 is 5.97 Å². The molecule has 1 aliphatic heterocycles. The number of para-hydroxylation sites is 1. The van der Waals surface area contributed by atoms with Crippen molar-refractivity contribution in [2.24, 2.45) is 7.05 Å². The van der Waals surface area contributed by atoms with E-state index in [0.717, 1.165) is 24.3 Å². The van der Waals surface area contributed by atoms with Crippen LogP contribution in [-0.2, 0) is 20.1 Å². The molecule has 0 atom stereocenters. The molecule has 126 valence electrons. The molecule has 1 aromatic heterocycles. The maximum Gasteiger partial charge on any atom is 0.339 e. The highest BCUT2D eigenvalue weighted by Gasteiger charge is 2.28. The van der Waals surface area contributed by atoms with Crippen LogP contribution in [0.5, 0.6) is 5.75 Å². The molecule has 0 bridgehead atoms. The van der Waals surface area contributed by atoms with Crippen LogP contribution in [0.2, 0.25) is 0 Å². The molecule has 1 fully saturated rings. The van der Waals surface area contributed by atoms with Crippen LogP contribution in [0.15, 0.2) is 24.3 Å². The smallest absolute Gasteiger partial charge is 0.339 e. The topological polar surface area (TPSA) is 67.6 Å². The van der Waals surface area contributed by atoms with Gasteiger partial charge in [-0.1, -0.05) is 12.1 Å². The van der Waals surface area contributed by atoms with Crippen LogP contribution in [0.1, 0.15) is 46.1 Å². The number of hydrogen-bond donors (Lipinski definition) is 1. The minimum Gasteiger partial charge on any atom is -0.491 e. The third kappa shape index (κ3) is 2.89. The number of aryl methyl sites for hydroxylation is 1. The maximum absolute atomic E-state index is 11.4. The number of carbonyl (C=O) groups is 1. The van der Waals surface area contributed by atoms with E-state index in [9.17, 15) is 9.90 Å². The van der Waals surface area contributed by atoms with Crippen LogP contribution < -0.4 is 4.74 Å². The Kier molecular flexibility index (Phi) is 3.76. The number of aromatic carboxylic acids is 1. The van der Waals surface area contributed by atoms with Crippen molar-refractivity contribution in [1.82, 2.24) is 14.7 Å². The first-order valence-corrected chi connectivity index (χ1v) is 8.35. The molecule has 4 rings (SSSR count). The first-order chi connectivity index (χ1) is 11.6. The summed E-state index contributed by atoms with van der Waals surface area (Å²) in [6.07, 6.45) is 2.53. The van der Waals surface area contributed by atoms with Crippen molar-refractivity contribution in [1.29, 1.82) is 0 Å². The number of aromatic nitrogens is 2. The van der Waals surface area contributed by atoms with Crippen molar-refractivity contribution in [2.75, 3.05) is 13.2 Å². The van der Waals surface area contributed by atoms with E-state index in [2.05, 4.69) is 16.1 Å². The lowest BCUT2D eigenvalue weighted by atomic mass is 10.1. The molecule has 0 unspecified atom stereocenters. The lowest BCUT2D eigenvalue weighted by Crippen LogP contribution is -2.25. The molecule has 1 aliphatic carbocycles. The fourth-order valence-corrected chi connectivity index (χ4v) is 3.39. The van der Waals surface area contributed by atoms with Crippen molar-refractivity contribution in [3.8, 4) is 5.75 Å². The summed E-state index contributed by atoms with van der Waals surface area (Å²) in [5.41, 5.74) is 3.55. The Balaban J connectivity index is 1.54. The number of hydrogen-bond acceptors (Lipinski definition) is 4. The minimum atomic E-state index is -0.945. The van der Waals surface area contributed by atoms with Crippen LogP contribution in [0, 0.1) is 0 Å². The first-order valence-electron chi connectivity index (χ1n) is 8.35. The lowest BCUT2D eigenvalue weighted by Gasteiger charge is -2.17. The van der Waals surface area contributed by atoms with Gasteiger partial charge in [-0.25, -0.2) is 4.79 Å². The quantitative estimate of drug-likeness (QED) is 0.934.